The van der Waals surface area contributed by atoms with Gasteiger partial charge < -0.3 is 0 Å². The highest BCUT2D eigenvalue weighted by Gasteiger charge is 2.19. The van der Waals surface area contributed by atoms with Crippen molar-refractivity contribution in [1.29, 1.82) is 0 Å². The molecule has 4 heteroatoms. The summed E-state index contributed by atoms with van der Waals surface area (Å²) in [6.45, 7) is 3.84. The van der Waals surface area contributed by atoms with Gasteiger partial charge in [0, 0.05) is 5.56 Å². The third-order valence-electron chi connectivity index (χ3n) is 5.42. The monoisotopic (exact) mass is 386 g/mol. The Morgan fingerprint density at radius 2 is 1.54 bits per heavy atom. The zero-order valence-electron chi connectivity index (χ0n) is 15.6. The van der Waals surface area contributed by atoms with Crippen LogP contribution in [0.5, 0.6) is 0 Å². The summed E-state index contributed by atoms with van der Waals surface area (Å²) in [7, 11) is 0. The lowest BCUT2D eigenvalue weighted by molar-refractivity contribution is 0.296. The van der Waals surface area contributed by atoms with Crippen molar-refractivity contribution in [1.82, 2.24) is 0 Å². The van der Waals surface area contributed by atoms with E-state index in [1.165, 1.54) is 18.2 Å². The molecule has 0 N–H and O–H groups in total. The minimum Gasteiger partial charge on any atom is -0.206 e. The van der Waals surface area contributed by atoms with Crippen molar-refractivity contribution < 1.29 is 17.6 Å². The third-order valence-corrected chi connectivity index (χ3v) is 5.42. The fourth-order valence-corrected chi connectivity index (χ4v) is 3.68. The molecule has 0 unspecified atom stereocenters. The van der Waals surface area contributed by atoms with Crippen molar-refractivity contribution >= 4 is 0 Å². The van der Waals surface area contributed by atoms with Gasteiger partial charge in [0.2, 0.25) is 0 Å². The molecule has 0 amide bonds. The minimum atomic E-state index is -1.05. The standard InChI is InChI=1S/C24H22F4/c1-2-16-3-5-17(6-4-16)7-8-19-14-22(26)20(23(27)15-19)11-9-18-10-12-21(25)24(28)13-18/h2,10,12-17H,1,3-8H2. The number of aryl methyl sites for hydroxylation is 1. The van der Waals surface area contributed by atoms with Gasteiger partial charge in [-0.05, 0) is 86.3 Å². The fourth-order valence-electron chi connectivity index (χ4n) is 3.68. The van der Waals surface area contributed by atoms with E-state index in [2.05, 4.69) is 18.4 Å². The summed E-state index contributed by atoms with van der Waals surface area (Å²) in [5.41, 5.74) is 0.399. The highest BCUT2D eigenvalue weighted by Crippen LogP contribution is 2.32. The number of hydrogen-bond donors (Lipinski definition) is 0. The Labute approximate surface area is 163 Å². The number of benzene rings is 2. The predicted octanol–water partition coefficient (Wildman–Crippen LogP) is 6.57. The summed E-state index contributed by atoms with van der Waals surface area (Å²) in [4.78, 5) is 0. The molecule has 1 fully saturated rings. The van der Waals surface area contributed by atoms with Crippen LogP contribution in [0.1, 0.15) is 48.8 Å². The van der Waals surface area contributed by atoms with Gasteiger partial charge in [-0.25, -0.2) is 17.6 Å². The zero-order valence-corrected chi connectivity index (χ0v) is 15.6. The molecule has 1 aliphatic carbocycles. The average molecular weight is 386 g/mol. The molecular formula is C24H22F4. The van der Waals surface area contributed by atoms with E-state index in [0.29, 0.717) is 23.8 Å². The summed E-state index contributed by atoms with van der Waals surface area (Å²) in [6.07, 6.45) is 8.06. The van der Waals surface area contributed by atoms with Crippen LogP contribution in [0.15, 0.2) is 43.0 Å². The van der Waals surface area contributed by atoms with E-state index < -0.39 is 23.3 Å². The van der Waals surface area contributed by atoms with E-state index >= 15 is 0 Å². The summed E-state index contributed by atoms with van der Waals surface area (Å²) in [5.74, 6) is 2.53. The van der Waals surface area contributed by atoms with E-state index in [1.54, 1.807) is 0 Å². The van der Waals surface area contributed by atoms with Gasteiger partial charge in [0.25, 0.3) is 0 Å². The maximum absolute atomic E-state index is 14.3. The van der Waals surface area contributed by atoms with E-state index in [1.807, 2.05) is 6.08 Å². The molecule has 2 aromatic carbocycles. The molecule has 0 nitrogen and oxygen atoms in total. The van der Waals surface area contributed by atoms with Crippen LogP contribution < -0.4 is 0 Å². The number of rotatable bonds is 4. The van der Waals surface area contributed by atoms with Crippen LogP contribution in [0.25, 0.3) is 0 Å². The average Bonchev–Trinajstić information content (AvgIpc) is 2.68. The SMILES string of the molecule is C=CC1CCC(CCc2cc(F)c(C#Cc3ccc(F)c(F)c3)c(F)c2)CC1. The quantitative estimate of drug-likeness (QED) is 0.317. The Balaban J connectivity index is 1.67. The summed E-state index contributed by atoms with van der Waals surface area (Å²) in [5, 5.41) is 0. The molecule has 0 bridgehead atoms. The minimum absolute atomic E-state index is 0.150. The molecular weight excluding hydrogens is 364 g/mol. The Bertz CT molecular complexity index is 889. The molecule has 3 rings (SSSR count). The first-order valence-electron chi connectivity index (χ1n) is 9.54. The molecule has 0 saturated heterocycles. The summed E-state index contributed by atoms with van der Waals surface area (Å²) >= 11 is 0. The zero-order chi connectivity index (χ0) is 20.1. The van der Waals surface area contributed by atoms with E-state index in [0.717, 1.165) is 44.2 Å². The van der Waals surface area contributed by atoms with Gasteiger partial charge in [-0.2, -0.15) is 0 Å². The van der Waals surface area contributed by atoms with Crippen molar-refractivity contribution in [2.45, 2.75) is 38.5 Å². The second kappa shape index (κ2) is 9.10. The first kappa shape index (κ1) is 20.2. The lowest BCUT2D eigenvalue weighted by atomic mass is 9.79. The molecule has 1 saturated carbocycles. The smallest absolute Gasteiger partial charge is 0.160 e. The molecule has 0 aliphatic heterocycles. The highest BCUT2D eigenvalue weighted by molar-refractivity contribution is 5.45. The maximum Gasteiger partial charge on any atom is 0.160 e. The molecule has 28 heavy (non-hydrogen) atoms. The Hall–Kier alpha value is -2.54. The normalized spacial score (nSPS) is 19.0. The van der Waals surface area contributed by atoms with Crippen LogP contribution in [0.2, 0.25) is 0 Å². The highest BCUT2D eigenvalue weighted by atomic mass is 19.2. The molecule has 146 valence electrons. The lowest BCUT2D eigenvalue weighted by Gasteiger charge is -2.26. The molecule has 0 radical (unpaired) electrons. The Kier molecular flexibility index (Phi) is 6.57. The Morgan fingerprint density at radius 1 is 0.857 bits per heavy atom. The summed E-state index contributed by atoms with van der Waals surface area (Å²) in [6, 6.07) is 5.71. The largest absolute Gasteiger partial charge is 0.206 e. The van der Waals surface area contributed by atoms with Crippen LogP contribution in [0, 0.1) is 46.9 Å². The van der Waals surface area contributed by atoms with Gasteiger partial charge in [0.05, 0.1) is 5.56 Å². The van der Waals surface area contributed by atoms with Crippen molar-refractivity contribution in [2.75, 3.05) is 0 Å². The van der Waals surface area contributed by atoms with Crippen molar-refractivity contribution in [3.63, 3.8) is 0 Å². The maximum atomic E-state index is 14.3. The summed E-state index contributed by atoms with van der Waals surface area (Å²) < 4.78 is 54.8. The number of hydrogen-bond acceptors (Lipinski definition) is 0. The van der Waals surface area contributed by atoms with Crippen molar-refractivity contribution in [3.8, 4) is 11.8 Å². The van der Waals surface area contributed by atoms with Gasteiger partial charge in [0.1, 0.15) is 11.6 Å². The van der Waals surface area contributed by atoms with Crippen molar-refractivity contribution in [3.05, 3.63) is 82.9 Å². The van der Waals surface area contributed by atoms with Crippen LogP contribution in [-0.2, 0) is 6.42 Å². The van der Waals surface area contributed by atoms with Gasteiger partial charge in [0.15, 0.2) is 11.6 Å². The number of halogens is 4. The third kappa shape index (κ3) is 5.04. The first-order valence-corrected chi connectivity index (χ1v) is 9.54. The second-order valence-corrected chi connectivity index (χ2v) is 7.37. The van der Waals surface area contributed by atoms with Gasteiger partial charge in [-0.3, -0.25) is 0 Å². The van der Waals surface area contributed by atoms with Crippen LogP contribution >= 0.6 is 0 Å². The van der Waals surface area contributed by atoms with E-state index in [-0.39, 0.29) is 11.1 Å². The molecule has 0 spiro atoms. The molecule has 0 aromatic heterocycles. The van der Waals surface area contributed by atoms with Crippen molar-refractivity contribution in [2.24, 2.45) is 11.8 Å². The second-order valence-electron chi connectivity index (χ2n) is 7.37. The molecule has 1 aliphatic rings. The van der Waals surface area contributed by atoms with E-state index in [4.69, 9.17) is 0 Å². The van der Waals surface area contributed by atoms with Gasteiger partial charge in [-0.15, -0.1) is 6.58 Å². The fraction of sp³-hybridized carbons (Fsp3) is 0.333. The van der Waals surface area contributed by atoms with Gasteiger partial charge >= 0.3 is 0 Å². The first-order chi connectivity index (χ1) is 13.5. The number of allylic oxidation sites excluding steroid dienone is 1. The van der Waals surface area contributed by atoms with Crippen LogP contribution in [0.4, 0.5) is 17.6 Å². The van der Waals surface area contributed by atoms with Gasteiger partial charge in [-0.1, -0.05) is 17.9 Å². The predicted molar refractivity (Wildman–Crippen MR) is 103 cm³/mol. The Morgan fingerprint density at radius 3 is 2.14 bits per heavy atom. The lowest BCUT2D eigenvalue weighted by Crippen LogP contribution is -2.13. The molecule has 0 heterocycles. The molecule has 2 aromatic rings. The van der Waals surface area contributed by atoms with E-state index in [9.17, 15) is 17.6 Å². The molecule has 0 atom stereocenters. The topological polar surface area (TPSA) is 0 Å². The van der Waals surface area contributed by atoms with Crippen LogP contribution in [-0.4, -0.2) is 0 Å². The van der Waals surface area contributed by atoms with Crippen LogP contribution in [0.3, 0.4) is 0 Å².